The molecule has 0 radical (unpaired) electrons. The van der Waals surface area contributed by atoms with Crippen LogP contribution in [-0.2, 0) is 12.6 Å². The van der Waals surface area contributed by atoms with Crippen LogP contribution in [-0.4, -0.2) is 25.8 Å². The zero-order valence-corrected chi connectivity index (χ0v) is 19.8. The first-order chi connectivity index (χ1) is 16.1. The summed E-state index contributed by atoms with van der Waals surface area (Å²) in [5, 5.41) is 18.6. The second-order valence-corrected chi connectivity index (χ2v) is 10.1. The average Bonchev–Trinajstić information content (AvgIpc) is 3.41. The summed E-state index contributed by atoms with van der Waals surface area (Å²) in [6.45, 7) is 1.98. The number of nitrogen functional groups attached to an aromatic ring is 1. The quantitative estimate of drug-likeness (QED) is 0.505. The van der Waals surface area contributed by atoms with Gasteiger partial charge in [0, 0.05) is 24.8 Å². The number of aromatic nitrogens is 3. The predicted octanol–water partition coefficient (Wildman–Crippen LogP) is 4.54. The number of anilines is 2. The zero-order chi connectivity index (χ0) is 24.2. The molecular weight excluding hydrogens is 457 g/mol. The van der Waals surface area contributed by atoms with E-state index >= 15 is 0 Å². The molecule has 0 aliphatic heterocycles. The van der Waals surface area contributed by atoms with E-state index in [1.165, 1.54) is 22.9 Å². The molecule has 2 saturated carbocycles. The van der Waals surface area contributed by atoms with E-state index in [0.29, 0.717) is 41.6 Å². The Morgan fingerprint density at radius 1 is 1.26 bits per heavy atom. The van der Waals surface area contributed by atoms with Gasteiger partial charge >= 0.3 is 0 Å². The summed E-state index contributed by atoms with van der Waals surface area (Å²) in [5.41, 5.74) is 8.48. The average molecular weight is 484 g/mol. The Labute approximate surface area is 202 Å². The van der Waals surface area contributed by atoms with Crippen LogP contribution in [0.1, 0.15) is 58.9 Å². The van der Waals surface area contributed by atoms with Crippen molar-refractivity contribution in [1.82, 2.24) is 14.8 Å². The molecule has 9 heteroatoms. The number of aliphatic hydroxyl groups is 1. The van der Waals surface area contributed by atoms with Crippen molar-refractivity contribution < 1.29 is 14.3 Å². The maximum absolute atomic E-state index is 13.5. The monoisotopic (exact) mass is 483 g/mol. The van der Waals surface area contributed by atoms with Crippen molar-refractivity contribution in [3.63, 3.8) is 0 Å². The SMILES string of the molecule is Cc1ccc(C2(O)CC3CC(c4nn(C)c(N)c4C(=O)Nc4ccc(F)c(Cl)c4)CC3C2)nc1. The van der Waals surface area contributed by atoms with E-state index in [1.54, 1.807) is 13.2 Å². The van der Waals surface area contributed by atoms with Crippen molar-refractivity contribution in [2.75, 3.05) is 11.1 Å². The van der Waals surface area contributed by atoms with E-state index in [2.05, 4.69) is 15.4 Å². The van der Waals surface area contributed by atoms with Crippen molar-refractivity contribution in [1.29, 1.82) is 0 Å². The minimum absolute atomic E-state index is 0.0617. The Bertz CT molecular complexity index is 1240. The molecule has 0 saturated heterocycles. The summed E-state index contributed by atoms with van der Waals surface area (Å²) >= 11 is 5.85. The predicted molar refractivity (Wildman–Crippen MR) is 128 cm³/mol. The fraction of sp³-hybridized carbons (Fsp3) is 0.400. The van der Waals surface area contributed by atoms with E-state index in [1.807, 2.05) is 19.1 Å². The Morgan fingerprint density at radius 2 is 1.97 bits per heavy atom. The van der Waals surface area contributed by atoms with Crippen LogP contribution in [0.5, 0.6) is 0 Å². The number of nitrogens with zero attached hydrogens (tertiary/aromatic N) is 3. The molecule has 1 aromatic carbocycles. The normalized spacial score (nSPS) is 26.0. The molecule has 4 N–H and O–H groups in total. The van der Waals surface area contributed by atoms with Crippen molar-refractivity contribution >= 4 is 29.0 Å². The fourth-order valence-electron chi connectivity index (χ4n) is 5.68. The van der Waals surface area contributed by atoms with Crippen molar-refractivity contribution in [3.8, 4) is 0 Å². The Hall–Kier alpha value is -2.97. The number of pyridine rings is 1. The van der Waals surface area contributed by atoms with Gasteiger partial charge in [-0.2, -0.15) is 5.10 Å². The molecule has 178 valence electrons. The van der Waals surface area contributed by atoms with Crippen LogP contribution in [0.15, 0.2) is 36.5 Å². The topological polar surface area (TPSA) is 106 Å². The lowest BCUT2D eigenvalue weighted by molar-refractivity contribution is 0.0300. The number of nitrogens with one attached hydrogen (secondary N) is 1. The molecule has 7 nitrogen and oxygen atoms in total. The van der Waals surface area contributed by atoms with E-state index in [4.69, 9.17) is 17.3 Å². The molecule has 2 heterocycles. The third-order valence-electron chi connectivity index (χ3n) is 7.34. The number of halogens is 2. The van der Waals surface area contributed by atoms with Crippen LogP contribution in [0.3, 0.4) is 0 Å². The minimum atomic E-state index is -0.917. The van der Waals surface area contributed by atoms with Crippen LogP contribution in [0.2, 0.25) is 5.02 Å². The molecule has 5 rings (SSSR count). The Balaban J connectivity index is 1.35. The number of hydrogen-bond acceptors (Lipinski definition) is 5. The van der Waals surface area contributed by atoms with E-state index in [0.717, 1.165) is 24.1 Å². The molecule has 0 bridgehead atoms. The van der Waals surface area contributed by atoms with Crippen molar-refractivity contribution in [2.45, 2.75) is 44.1 Å². The number of benzene rings is 1. The summed E-state index contributed by atoms with van der Waals surface area (Å²) < 4.78 is 15.0. The van der Waals surface area contributed by atoms with Crippen LogP contribution < -0.4 is 11.1 Å². The molecule has 2 unspecified atom stereocenters. The number of nitrogens with two attached hydrogens (primary N) is 1. The van der Waals surface area contributed by atoms with Crippen LogP contribution in [0.25, 0.3) is 0 Å². The van der Waals surface area contributed by atoms with Gasteiger partial charge in [0.1, 0.15) is 22.8 Å². The first-order valence-electron chi connectivity index (χ1n) is 11.4. The van der Waals surface area contributed by atoms with Gasteiger partial charge in [-0.25, -0.2) is 4.39 Å². The smallest absolute Gasteiger partial charge is 0.261 e. The summed E-state index contributed by atoms with van der Waals surface area (Å²) in [4.78, 5) is 17.6. The Morgan fingerprint density at radius 3 is 2.59 bits per heavy atom. The molecule has 0 spiro atoms. The molecule has 2 atom stereocenters. The summed E-state index contributed by atoms with van der Waals surface area (Å²) in [7, 11) is 1.71. The molecule has 34 heavy (non-hydrogen) atoms. The zero-order valence-electron chi connectivity index (χ0n) is 19.1. The van der Waals surface area contributed by atoms with Gasteiger partial charge in [-0.15, -0.1) is 0 Å². The van der Waals surface area contributed by atoms with Gasteiger partial charge in [0.15, 0.2) is 0 Å². The van der Waals surface area contributed by atoms with Gasteiger partial charge in [0.05, 0.1) is 16.4 Å². The highest BCUT2D eigenvalue weighted by Gasteiger charge is 2.51. The number of carbonyl (C=O) groups excluding carboxylic acids is 1. The van der Waals surface area contributed by atoms with Crippen LogP contribution >= 0.6 is 11.6 Å². The van der Waals surface area contributed by atoms with Crippen LogP contribution in [0, 0.1) is 24.6 Å². The largest absolute Gasteiger partial charge is 0.384 e. The third-order valence-corrected chi connectivity index (χ3v) is 7.63. The molecule has 3 aromatic rings. The lowest BCUT2D eigenvalue weighted by Gasteiger charge is -2.24. The summed E-state index contributed by atoms with van der Waals surface area (Å²) in [6.07, 6.45) is 4.71. The molecule has 2 aliphatic rings. The van der Waals surface area contributed by atoms with Gasteiger partial charge in [-0.3, -0.25) is 14.5 Å². The number of amides is 1. The van der Waals surface area contributed by atoms with Crippen molar-refractivity contribution in [3.05, 3.63) is 69.9 Å². The first-order valence-corrected chi connectivity index (χ1v) is 11.8. The fourth-order valence-corrected chi connectivity index (χ4v) is 5.86. The second kappa shape index (κ2) is 8.36. The highest BCUT2D eigenvalue weighted by Crippen LogP contribution is 2.56. The van der Waals surface area contributed by atoms with Gasteiger partial charge in [0.2, 0.25) is 0 Å². The summed E-state index contributed by atoms with van der Waals surface area (Å²) in [5.74, 6) is 0.00578. The molecule has 2 aliphatic carbocycles. The minimum Gasteiger partial charge on any atom is -0.384 e. The number of hydrogen-bond donors (Lipinski definition) is 3. The number of carbonyl (C=O) groups is 1. The second-order valence-electron chi connectivity index (χ2n) is 9.70. The molecule has 2 fully saturated rings. The Kier molecular flexibility index (Phi) is 5.61. The highest BCUT2D eigenvalue weighted by molar-refractivity contribution is 6.31. The van der Waals surface area contributed by atoms with Crippen LogP contribution in [0.4, 0.5) is 15.9 Å². The maximum Gasteiger partial charge on any atom is 0.261 e. The molecular formula is C25H27ClFN5O2. The van der Waals surface area contributed by atoms with E-state index in [-0.39, 0.29) is 16.8 Å². The van der Waals surface area contributed by atoms with Gasteiger partial charge < -0.3 is 16.2 Å². The third kappa shape index (κ3) is 3.95. The maximum atomic E-state index is 13.5. The number of fused-ring (bicyclic) bond motifs is 1. The molecule has 1 amide bonds. The van der Waals surface area contributed by atoms with E-state index < -0.39 is 17.3 Å². The van der Waals surface area contributed by atoms with Gasteiger partial charge in [-0.1, -0.05) is 17.7 Å². The van der Waals surface area contributed by atoms with Gasteiger partial charge in [-0.05, 0) is 74.3 Å². The highest BCUT2D eigenvalue weighted by atomic mass is 35.5. The van der Waals surface area contributed by atoms with Gasteiger partial charge in [0.25, 0.3) is 5.91 Å². The first kappa shape index (κ1) is 22.8. The summed E-state index contributed by atoms with van der Waals surface area (Å²) in [6, 6.07) is 7.91. The standard InChI is InChI=1S/C25H27ClFN5O2/c1-13-3-6-20(29-12-13)25(34)10-15-7-14(8-16(15)11-25)22-21(23(28)32(2)31-22)24(33)30-17-4-5-19(27)18(26)9-17/h3-6,9,12,14-16,34H,7-8,10-11,28H2,1-2H3,(H,30,33). The molecule has 2 aromatic heterocycles. The van der Waals surface area contributed by atoms with E-state index in [9.17, 15) is 14.3 Å². The lowest BCUT2D eigenvalue weighted by atomic mass is 9.89. The van der Waals surface area contributed by atoms with Crippen molar-refractivity contribution in [2.24, 2.45) is 18.9 Å². The lowest BCUT2D eigenvalue weighted by Crippen LogP contribution is -2.24. The number of aryl methyl sites for hydroxylation is 2. The number of rotatable bonds is 4.